The molecular formula is C14H12BrN5. The fraction of sp³-hybridized carbons (Fsp3) is 0.0714. The number of hydrogen-bond acceptors (Lipinski definition) is 4. The molecule has 1 N–H and O–H groups in total. The third-order valence-electron chi connectivity index (χ3n) is 2.74. The third kappa shape index (κ3) is 2.85. The molecule has 3 aromatic rings. The van der Waals surface area contributed by atoms with Crippen molar-refractivity contribution in [3.63, 3.8) is 0 Å². The first-order chi connectivity index (χ1) is 9.83. The fourth-order valence-electron chi connectivity index (χ4n) is 1.85. The zero-order valence-electron chi connectivity index (χ0n) is 10.6. The Hall–Kier alpha value is -2.21. The molecule has 0 unspecified atom stereocenters. The van der Waals surface area contributed by atoms with E-state index in [9.17, 15) is 0 Å². The Balaban J connectivity index is 1.81. The molecular weight excluding hydrogens is 318 g/mol. The molecule has 6 heteroatoms. The summed E-state index contributed by atoms with van der Waals surface area (Å²) in [6, 6.07) is 11.6. The van der Waals surface area contributed by atoms with Crippen molar-refractivity contribution in [2.45, 2.75) is 6.54 Å². The van der Waals surface area contributed by atoms with Gasteiger partial charge in [0.1, 0.15) is 4.60 Å². The normalized spacial score (nSPS) is 10.4. The highest BCUT2D eigenvalue weighted by molar-refractivity contribution is 9.10. The summed E-state index contributed by atoms with van der Waals surface area (Å²) in [5, 5.41) is 7.55. The molecule has 3 aromatic heterocycles. The smallest absolute Gasteiger partial charge is 0.176 e. The lowest BCUT2D eigenvalue weighted by Crippen LogP contribution is -2.07. The number of pyridine rings is 2. The van der Waals surface area contributed by atoms with Crippen LogP contribution in [0.15, 0.2) is 59.6 Å². The van der Waals surface area contributed by atoms with Crippen LogP contribution >= 0.6 is 15.9 Å². The molecule has 5 nitrogen and oxygen atoms in total. The molecule has 0 fully saturated rings. The minimum absolute atomic E-state index is 0.624. The van der Waals surface area contributed by atoms with Crippen molar-refractivity contribution in [1.29, 1.82) is 0 Å². The highest BCUT2D eigenvalue weighted by atomic mass is 79.9. The van der Waals surface area contributed by atoms with Gasteiger partial charge >= 0.3 is 0 Å². The van der Waals surface area contributed by atoms with Crippen molar-refractivity contribution in [1.82, 2.24) is 19.7 Å². The first-order valence-electron chi connectivity index (χ1n) is 6.13. The molecule has 0 amide bonds. The summed E-state index contributed by atoms with van der Waals surface area (Å²) >= 11 is 3.37. The summed E-state index contributed by atoms with van der Waals surface area (Å²) in [6.07, 6.45) is 5.35. The maximum absolute atomic E-state index is 4.39. The number of anilines is 1. The van der Waals surface area contributed by atoms with Gasteiger partial charge in [-0.05, 0) is 46.3 Å². The van der Waals surface area contributed by atoms with E-state index in [2.05, 4.69) is 36.3 Å². The number of nitrogens with one attached hydrogen (secondary N) is 1. The Bertz CT molecular complexity index is 696. The molecule has 100 valence electrons. The van der Waals surface area contributed by atoms with Crippen molar-refractivity contribution in [3.05, 3.63) is 65.3 Å². The second-order valence-corrected chi connectivity index (χ2v) is 4.94. The van der Waals surface area contributed by atoms with Crippen LogP contribution in [-0.4, -0.2) is 19.7 Å². The zero-order chi connectivity index (χ0) is 13.8. The Morgan fingerprint density at radius 3 is 2.85 bits per heavy atom. The lowest BCUT2D eigenvalue weighted by atomic mass is 10.3. The van der Waals surface area contributed by atoms with Crippen LogP contribution in [0.5, 0.6) is 0 Å². The molecule has 0 atom stereocenters. The Labute approximate surface area is 124 Å². The van der Waals surface area contributed by atoms with E-state index in [1.54, 1.807) is 17.1 Å². The predicted octanol–water partition coefficient (Wildman–Crippen LogP) is 3.04. The Kier molecular flexibility index (Phi) is 3.73. The number of rotatable bonds is 4. The van der Waals surface area contributed by atoms with Gasteiger partial charge in [-0.15, -0.1) is 0 Å². The van der Waals surface area contributed by atoms with E-state index in [0.29, 0.717) is 6.54 Å². The van der Waals surface area contributed by atoms with Crippen LogP contribution in [0, 0.1) is 0 Å². The van der Waals surface area contributed by atoms with Crippen molar-refractivity contribution >= 4 is 21.6 Å². The van der Waals surface area contributed by atoms with Crippen molar-refractivity contribution < 1.29 is 0 Å². The van der Waals surface area contributed by atoms with Gasteiger partial charge in [0, 0.05) is 18.6 Å². The SMILES string of the molecule is Brc1cccc(CNc2cccnc2-n2cccn2)n1. The van der Waals surface area contributed by atoms with Gasteiger partial charge < -0.3 is 5.32 Å². The highest BCUT2D eigenvalue weighted by Crippen LogP contribution is 2.17. The Morgan fingerprint density at radius 2 is 2.05 bits per heavy atom. The minimum atomic E-state index is 0.624. The van der Waals surface area contributed by atoms with Crippen LogP contribution in [0.3, 0.4) is 0 Å². The van der Waals surface area contributed by atoms with E-state index >= 15 is 0 Å². The molecule has 0 aliphatic carbocycles. The number of hydrogen-bond donors (Lipinski definition) is 1. The molecule has 3 heterocycles. The van der Waals surface area contributed by atoms with E-state index in [4.69, 9.17) is 0 Å². The topological polar surface area (TPSA) is 55.6 Å². The van der Waals surface area contributed by atoms with Gasteiger partial charge in [0.25, 0.3) is 0 Å². The molecule has 0 aliphatic rings. The van der Waals surface area contributed by atoms with Gasteiger partial charge in [-0.2, -0.15) is 5.10 Å². The summed E-state index contributed by atoms with van der Waals surface area (Å²) in [4.78, 5) is 8.75. The zero-order valence-corrected chi connectivity index (χ0v) is 12.2. The molecule has 0 spiro atoms. The lowest BCUT2D eigenvalue weighted by molar-refractivity contribution is 0.845. The second-order valence-electron chi connectivity index (χ2n) is 4.13. The van der Waals surface area contributed by atoms with Crippen LogP contribution in [0.2, 0.25) is 0 Å². The summed E-state index contributed by atoms with van der Waals surface area (Å²) in [5.74, 6) is 0.771. The Morgan fingerprint density at radius 1 is 1.10 bits per heavy atom. The number of aromatic nitrogens is 4. The molecule has 20 heavy (non-hydrogen) atoms. The van der Waals surface area contributed by atoms with Crippen LogP contribution < -0.4 is 5.32 Å². The fourth-order valence-corrected chi connectivity index (χ4v) is 2.23. The molecule has 0 radical (unpaired) electrons. The maximum Gasteiger partial charge on any atom is 0.176 e. The molecule has 0 saturated carbocycles. The molecule has 0 aromatic carbocycles. The summed E-state index contributed by atoms with van der Waals surface area (Å²) < 4.78 is 2.56. The molecule has 0 saturated heterocycles. The highest BCUT2D eigenvalue weighted by Gasteiger charge is 2.05. The van der Waals surface area contributed by atoms with Crippen LogP contribution in [0.4, 0.5) is 5.69 Å². The number of halogens is 1. The van der Waals surface area contributed by atoms with Gasteiger partial charge in [-0.25, -0.2) is 14.6 Å². The maximum atomic E-state index is 4.39. The third-order valence-corrected chi connectivity index (χ3v) is 3.18. The van der Waals surface area contributed by atoms with Gasteiger partial charge in [0.2, 0.25) is 0 Å². The van der Waals surface area contributed by atoms with Crippen LogP contribution in [0.25, 0.3) is 5.82 Å². The summed E-state index contributed by atoms with van der Waals surface area (Å²) in [5.41, 5.74) is 1.87. The first kappa shape index (κ1) is 12.8. The first-order valence-corrected chi connectivity index (χ1v) is 6.92. The minimum Gasteiger partial charge on any atom is -0.376 e. The average molecular weight is 330 g/mol. The second kappa shape index (κ2) is 5.83. The summed E-state index contributed by atoms with van der Waals surface area (Å²) in [6.45, 7) is 0.624. The number of nitrogens with zero attached hydrogens (tertiary/aromatic N) is 4. The van der Waals surface area contributed by atoms with Crippen LogP contribution in [0.1, 0.15) is 5.69 Å². The van der Waals surface area contributed by atoms with E-state index in [-0.39, 0.29) is 0 Å². The monoisotopic (exact) mass is 329 g/mol. The predicted molar refractivity (Wildman–Crippen MR) is 80.6 cm³/mol. The standard InChI is InChI=1S/C14H12BrN5/c15-13-6-1-4-11(19-13)10-17-12-5-2-7-16-14(12)20-9-3-8-18-20/h1-9,17H,10H2. The van der Waals surface area contributed by atoms with Gasteiger partial charge in [0.15, 0.2) is 5.82 Å². The summed E-state index contributed by atoms with van der Waals surface area (Å²) in [7, 11) is 0. The van der Waals surface area contributed by atoms with Crippen molar-refractivity contribution in [2.75, 3.05) is 5.32 Å². The molecule has 3 rings (SSSR count). The average Bonchev–Trinajstić information content (AvgIpc) is 3.00. The van der Waals surface area contributed by atoms with E-state index < -0.39 is 0 Å². The van der Waals surface area contributed by atoms with E-state index in [1.807, 2.05) is 42.6 Å². The van der Waals surface area contributed by atoms with Gasteiger partial charge in [-0.1, -0.05) is 6.07 Å². The van der Waals surface area contributed by atoms with Gasteiger partial charge in [-0.3, -0.25) is 0 Å². The molecule has 0 bridgehead atoms. The van der Waals surface area contributed by atoms with E-state index in [0.717, 1.165) is 21.8 Å². The molecule has 0 aliphatic heterocycles. The largest absolute Gasteiger partial charge is 0.376 e. The van der Waals surface area contributed by atoms with Crippen molar-refractivity contribution in [2.24, 2.45) is 0 Å². The van der Waals surface area contributed by atoms with Gasteiger partial charge in [0.05, 0.1) is 17.9 Å². The lowest BCUT2D eigenvalue weighted by Gasteiger charge is -2.10. The van der Waals surface area contributed by atoms with Crippen LogP contribution in [-0.2, 0) is 6.54 Å². The quantitative estimate of drug-likeness (QED) is 0.747. The van der Waals surface area contributed by atoms with Crippen molar-refractivity contribution in [3.8, 4) is 5.82 Å². The van der Waals surface area contributed by atoms with E-state index in [1.165, 1.54) is 0 Å².